The molecule has 104 valence electrons. The first-order valence-electron chi connectivity index (χ1n) is 6.23. The Morgan fingerprint density at radius 2 is 1.48 bits per heavy atom. The van der Waals surface area contributed by atoms with Gasteiger partial charge in [-0.3, -0.25) is 14.9 Å². The Morgan fingerprint density at radius 1 is 0.905 bits per heavy atom. The van der Waals surface area contributed by atoms with Gasteiger partial charge >= 0.3 is 0 Å². The molecule has 0 radical (unpaired) electrons. The number of thioether (sulfide) groups is 1. The molecule has 0 aliphatic carbocycles. The van der Waals surface area contributed by atoms with Crippen LogP contribution < -0.4 is 5.32 Å². The van der Waals surface area contributed by atoms with E-state index < -0.39 is 0 Å². The molecule has 0 saturated carbocycles. The number of carbonyl (C=O) groups excluding carboxylic acids is 2. The van der Waals surface area contributed by atoms with E-state index in [0.717, 1.165) is 28.5 Å². The largest absolute Gasteiger partial charge is 0.290 e. The van der Waals surface area contributed by atoms with Crippen LogP contribution in [-0.2, 0) is 4.79 Å². The van der Waals surface area contributed by atoms with Gasteiger partial charge in [-0.2, -0.15) is 0 Å². The SMILES string of the molecule is O=C1NC(=O)/C(=C\c2ccc(-c3ccc(F)cc3)cc2)S1. The number of hydrogen-bond acceptors (Lipinski definition) is 3. The quantitative estimate of drug-likeness (QED) is 0.858. The molecule has 5 heteroatoms. The summed E-state index contributed by atoms with van der Waals surface area (Å²) in [6, 6.07) is 13.7. The van der Waals surface area contributed by atoms with Gasteiger partial charge in [-0.25, -0.2) is 4.39 Å². The third-order valence-corrected chi connectivity index (χ3v) is 3.84. The van der Waals surface area contributed by atoms with E-state index in [0.29, 0.717) is 4.91 Å². The topological polar surface area (TPSA) is 46.2 Å². The van der Waals surface area contributed by atoms with Gasteiger partial charge in [0.15, 0.2) is 0 Å². The van der Waals surface area contributed by atoms with Crippen LogP contribution in [0.2, 0.25) is 0 Å². The summed E-state index contributed by atoms with van der Waals surface area (Å²) in [6.07, 6.45) is 1.67. The molecule has 1 aliphatic heterocycles. The van der Waals surface area contributed by atoms with Gasteiger partial charge in [0.1, 0.15) is 5.82 Å². The highest BCUT2D eigenvalue weighted by Crippen LogP contribution is 2.26. The van der Waals surface area contributed by atoms with Crippen molar-refractivity contribution in [2.75, 3.05) is 0 Å². The van der Waals surface area contributed by atoms with Crippen molar-refractivity contribution in [3.8, 4) is 11.1 Å². The third kappa shape index (κ3) is 3.03. The van der Waals surface area contributed by atoms with Gasteiger partial charge in [0.2, 0.25) is 0 Å². The lowest BCUT2D eigenvalue weighted by Gasteiger charge is -2.02. The molecule has 1 heterocycles. The first-order chi connectivity index (χ1) is 10.1. The van der Waals surface area contributed by atoms with Crippen LogP contribution in [0.4, 0.5) is 9.18 Å². The number of amides is 2. The zero-order chi connectivity index (χ0) is 14.8. The lowest BCUT2D eigenvalue weighted by Crippen LogP contribution is -2.17. The van der Waals surface area contributed by atoms with Crippen molar-refractivity contribution in [1.29, 1.82) is 0 Å². The number of imide groups is 1. The monoisotopic (exact) mass is 299 g/mol. The van der Waals surface area contributed by atoms with Crippen LogP contribution in [0.5, 0.6) is 0 Å². The Hall–Kier alpha value is -2.40. The van der Waals surface area contributed by atoms with Gasteiger partial charge in [0.25, 0.3) is 11.1 Å². The van der Waals surface area contributed by atoms with Gasteiger partial charge in [-0.1, -0.05) is 36.4 Å². The normalized spacial score (nSPS) is 16.3. The summed E-state index contributed by atoms with van der Waals surface area (Å²) in [5, 5.41) is 1.86. The van der Waals surface area contributed by atoms with Crippen molar-refractivity contribution < 1.29 is 14.0 Å². The van der Waals surface area contributed by atoms with Crippen molar-refractivity contribution in [2.45, 2.75) is 0 Å². The molecule has 1 fully saturated rings. The molecular weight excluding hydrogens is 289 g/mol. The van der Waals surface area contributed by atoms with Gasteiger partial charge in [-0.05, 0) is 46.7 Å². The summed E-state index contributed by atoms with van der Waals surface area (Å²) in [5.74, 6) is -0.637. The predicted molar refractivity (Wildman–Crippen MR) is 80.9 cm³/mol. The van der Waals surface area contributed by atoms with Crippen molar-refractivity contribution in [2.24, 2.45) is 0 Å². The lowest BCUT2D eigenvalue weighted by atomic mass is 10.0. The average molecular weight is 299 g/mol. The maximum Gasteiger partial charge on any atom is 0.290 e. The third-order valence-electron chi connectivity index (χ3n) is 3.03. The Bertz CT molecular complexity index is 736. The second-order valence-corrected chi connectivity index (χ2v) is 5.50. The number of rotatable bonds is 2. The Balaban J connectivity index is 1.84. The Labute approximate surface area is 124 Å². The summed E-state index contributed by atoms with van der Waals surface area (Å²) in [6.45, 7) is 0. The van der Waals surface area contributed by atoms with E-state index in [9.17, 15) is 14.0 Å². The average Bonchev–Trinajstić information content (AvgIpc) is 2.79. The maximum atomic E-state index is 12.9. The standard InChI is InChI=1S/C16H10FNO2S/c17-13-7-5-12(6-8-13)11-3-1-10(2-4-11)9-14-15(19)18-16(20)21-14/h1-9H,(H,18,19,20)/b14-9+. The molecule has 3 nitrogen and oxygen atoms in total. The van der Waals surface area contributed by atoms with Gasteiger partial charge < -0.3 is 0 Å². The van der Waals surface area contributed by atoms with Gasteiger partial charge in [-0.15, -0.1) is 0 Å². The molecule has 2 aromatic carbocycles. The fourth-order valence-corrected chi connectivity index (χ4v) is 2.67. The maximum absolute atomic E-state index is 12.9. The molecule has 2 amide bonds. The second kappa shape index (κ2) is 5.54. The smallest absolute Gasteiger partial charge is 0.282 e. The Morgan fingerprint density at radius 3 is 2.00 bits per heavy atom. The zero-order valence-electron chi connectivity index (χ0n) is 10.8. The minimum absolute atomic E-state index is 0.269. The fourth-order valence-electron chi connectivity index (χ4n) is 1.99. The number of benzene rings is 2. The highest BCUT2D eigenvalue weighted by atomic mass is 32.2. The fraction of sp³-hybridized carbons (Fsp3) is 0. The highest BCUT2D eigenvalue weighted by molar-refractivity contribution is 8.18. The molecule has 21 heavy (non-hydrogen) atoms. The molecule has 1 saturated heterocycles. The van der Waals surface area contributed by atoms with Crippen LogP contribution in [-0.4, -0.2) is 11.1 Å². The number of carbonyl (C=O) groups is 2. The molecule has 3 rings (SSSR count). The van der Waals surface area contributed by atoms with Gasteiger partial charge in [0, 0.05) is 0 Å². The first-order valence-corrected chi connectivity index (χ1v) is 7.04. The van der Waals surface area contributed by atoms with Crippen LogP contribution in [0.15, 0.2) is 53.4 Å². The van der Waals surface area contributed by atoms with Crippen molar-refractivity contribution in [3.63, 3.8) is 0 Å². The lowest BCUT2D eigenvalue weighted by molar-refractivity contribution is -0.115. The van der Waals surface area contributed by atoms with Crippen LogP contribution in [0.25, 0.3) is 17.2 Å². The minimum Gasteiger partial charge on any atom is -0.282 e. The highest BCUT2D eigenvalue weighted by Gasteiger charge is 2.24. The van der Waals surface area contributed by atoms with Crippen molar-refractivity contribution in [3.05, 3.63) is 64.8 Å². The molecular formula is C16H10FNO2S. The number of nitrogens with one attached hydrogen (secondary N) is 1. The molecule has 0 aromatic heterocycles. The first kappa shape index (κ1) is 13.6. The van der Waals surface area contributed by atoms with Gasteiger partial charge in [0.05, 0.1) is 4.91 Å². The van der Waals surface area contributed by atoms with Crippen molar-refractivity contribution >= 4 is 29.0 Å². The van der Waals surface area contributed by atoms with E-state index in [1.807, 2.05) is 24.3 Å². The van der Waals surface area contributed by atoms with E-state index >= 15 is 0 Å². The van der Waals surface area contributed by atoms with E-state index in [1.165, 1.54) is 12.1 Å². The molecule has 1 N–H and O–H groups in total. The van der Waals surface area contributed by atoms with Crippen LogP contribution in [0.3, 0.4) is 0 Å². The van der Waals surface area contributed by atoms with E-state index in [-0.39, 0.29) is 17.0 Å². The molecule has 0 unspecified atom stereocenters. The Kier molecular flexibility index (Phi) is 3.58. The molecule has 0 bridgehead atoms. The van der Waals surface area contributed by atoms with E-state index in [2.05, 4.69) is 5.32 Å². The number of halogens is 1. The molecule has 0 atom stereocenters. The summed E-state index contributed by atoms with van der Waals surface area (Å²) >= 11 is 0.891. The molecule has 2 aromatic rings. The predicted octanol–water partition coefficient (Wildman–Crippen LogP) is 3.82. The zero-order valence-corrected chi connectivity index (χ0v) is 11.6. The molecule has 1 aliphatic rings. The minimum atomic E-state index is -0.368. The summed E-state index contributed by atoms with van der Waals surface area (Å²) < 4.78 is 12.9. The second-order valence-electron chi connectivity index (χ2n) is 4.48. The summed E-state index contributed by atoms with van der Waals surface area (Å²) in [5.41, 5.74) is 2.70. The van der Waals surface area contributed by atoms with E-state index in [1.54, 1.807) is 18.2 Å². The van der Waals surface area contributed by atoms with E-state index in [4.69, 9.17) is 0 Å². The van der Waals surface area contributed by atoms with Crippen LogP contribution >= 0.6 is 11.8 Å². The molecule has 0 spiro atoms. The van der Waals surface area contributed by atoms with Crippen molar-refractivity contribution in [1.82, 2.24) is 5.32 Å². The summed E-state index contributed by atoms with van der Waals surface area (Å²) in [4.78, 5) is 22.9. The van der Waals surface area contributed by atoms with Crippen LogP contribution in [0, 0.1) is 5.82 Å². The summed E-state index contributed by atoms with van der Waals surface area (Å²) in [7, 11) is 0. The number of hydrogen-bond donors (Lipinski definition) is 1. The van der Waals surface area contributed by atoms with Crippen LogP contribution in [0.1, 0.15) is 5.56 Å².